The Bertz CT molecular complexity index is 304. The zero-order valence-electron chi connectivity index (χ0n) is 8.66. The summed E-state index contributed by atoms with van der Waals surface area (Å²) in [7, 11) is 0. The van der Waals surface area contributed by atoms with Crippen molar-refractivity contribution in [2.45, 2.75) is 25.3 Å². The van der Waals surface area contributed by atoms with Crippen LogP contribution in [0.5, 0.6) is 0 Å². The molecule has 0 bridgehead atoms. The van der Waals surface area contributed by atoms with Crippen LogP contribution in [0.4, 0.5) is 0 Å². The highest BCUT2D eigenvalue weighted by molar-refractivity contribution is 7.12. The largest absolute Gasteiger partial charge is 0.350 e. The Kier molecular flexibility index (Phi) is 3.75. The van der Waals surface area contributed by atoms with Crippen molar-refractivity contribution in [1.29, 1.82) is 0 Å². The van der Waals surface area contributed by atoms with Crippen molar-refractivity contribution in [3.63, 3.8) is 0 Å². The van der Waals surface area contributed by atoms with Crippen LogP contribution < -0.4 is 10.6 Å². The van der Waals surface area contributed by atoms with Gasteiger partial charge in [0.15, 0.2) is 0 Å². The summed E-state index contributed by atoms with van der Waals surface area (Å²) in [6.45, 7) is 1.83. The zero-order chi connectivity index (χ0) is 10.5. The van der Waals surface area contributed by atoms with Gasteiger partial charge in [0.2, 0.25) is 0 Å². The molecular weight excluding hydrogens is 208 g/mol. The number of nitrogens with one attached hydrogen (secondary N) is 2. The molecule has 2 heterocycles. The maximum atomic E-state index is 11.6. The third-order valence-electron chi connectivity index (χ3n) is 2.67. The van der Waals surface area contributed by atoms with E-state index in [9.17, 15) is 4.79 Å². The third-order valence-corrected chi connectivity index (χ3v) is 3.53. The highest BCUT2D eigenvalue weighted by atomic mass is 32.1. The van der Waals surface area contributed by atoms with Crippen molar-refractivity contribution >= 4 is 17.2 Å². The molecule has 1 aliphatic rings. The molecule has 2 rings (SSSR count). The van der Waals surface area contributed by atoms with Crippen LogP contribution in [0.1, 0.15) is 28.9 Å². The van der Waals surface area contributed by atoms with Crippen LogP contribution in [0, 0.1) is 0 Å². The van der Waals surface area contributed by atoms with E-state index >= 15 is 0 Å². The molecule has 82 valence electrons. The number of carbonyl (C=O) groups is 1. The van der Waals surface area contributed by atoms with Gasteiger partial charge in [0, 0.05) is 12.6 Å². The summed E-state index contributed by atoms with van der Waals surface area (Å²) < 4.78 is 0. The van der Waals surface area contributed by atoms with Gasteiger partial charge >= 0.3 is 0 Å². The minimum Gasteiger partial charge on any atom is -0.350 e. The SMILES string of the molecule is O=C(NC[C@H]1CCCCN1)c1cccs1. The first-order chi connectivity index (χ1) is 7.36. The van der Waals surface area contributed by atoms with E-state index in [1.165, 1.54) is 30.6 Å². The molecule has 1 fully saturated rings. The Hall–Kier alpha value is -0.870. The maximum Gasteiger partial charge on any atom is 0.261 e. The minimum absolute atomic E-state index is 0.0531. The fourth-order valence-electron chi connectivity index (χ4n) is 1.81. The van der Waals surface area contributed by atoms with Crippen LogP contribution in [-0.4, -0.2) is 25.0 Å². The van der Waals surface area contributed by atoms with E-state index < -0.39 is 0 Å². The fourth-order valence-corrected chi connectivity index (χ4v) is 2.45. The molecule has 0 unspecified atom stereocenters. The minimum atomic E-state index is 0.0531. The average molecular weight is 224 g/mol. The quantitative estimate of drug-likeness (QED) is 0.819. The third kappa shape index (κ3) is 3.04. The van der Waals surface area contributed by atoms with Gasteiger partial charge in [0.1, 0.15) is 0 Å². The van der Waals surface area contributed by atoms with E-state index in [0.717, 1.165) is 18.0 Å². The van der Waals surface area contributed by atoms with E-state index in [0.29, 0.717) is 6.04 Å². The van der Waals surface area contributed by atoms with E-state index in [1.807, 2.05) is 17.5 Å². The number of amides is 1. The zero-order valence-corrected chi connectivity index (χ0v) is 9.48. The summed E-state index contributed by atoms with van der Waals surface area (Å²) in [5.41, 5.74) is 0. The summed E-state index contributed by atoms with van der Waals surface area (Å²) in [6, 6.07) is 4.22. The van der Waals surface area contributed by atoms with Gasteiger partial charge in [-0.2, -0.15) is 0 Å². The van der Waals surface area contributed by atoms with E-state index in [-0.39, 0.29) is 5.91 Å². The Morgan fingerprint density at radius 1 is 1.60 bits per heavy atom. The number of piperidine rings is 1. The standard InChI is InChI=1S/C11H16N2OS/c14-11(10-5-3-7-15-10)13-8-9-4-1-2-6-12-9/h3,5,7,9,12H,1-2,4,6,8H2,(H,13,14)/t9-/m1/s1. The highest BCUT2D eigenvalue weighted by Gasteiger charge is 2.14. The van der Waals surface area contributed by atoms with Gasteiger partial charge in [-0.05, 0) is 30.8 Å². The van der Waals surface area contributed by atoms with Gasteiger partial charge in [-0.1, -0.05) is 12.5 Å². The van der Waals surface area contributed by atoms with Crippen molar-refractivity contribution in [2.24, 2.45) is 0 Å². The summed E-state index contributed by atoms with van der Waals surface area (Å²) >= 11 is 1.49. The second kappa shape index (κ2) is 5.28. The summed E-state index contributed by atoms with van der Waals surface area (Å²) in [5, 5.41) is 8.30. The Balaban J connectivity index is 1.75. The Labute approximate surface area is 93.9 Å². The van der Waals surface area contributed by atoms with Gasteiger partial charge in [-0.15, -0.1) is 11.3 Å². The number of carbonyl (C=O) groups excluding carboxylic acids is 1. The number of hydrogen-bond acceptors (Lipinski definition) is 3. The highest BCUT2D eigenvalue weighted by Crippen LogP contribution is 2.09. The van der Waals surface area contributed by atoms with Crippen LogP contribution in [0.3, 0.4) is 0 Å². The van der Waals surface area contributed by atoms with Crippen molar-refractivity contribution < 1.29 is 4.79 Å². The molecule has 1 aromatic heterocycles. The lowest BCUT2D eigenvalue weighted by atomic mass is 10.1. The predicted molar refractivity (Wildman–Crippen MR) is 62.3 cm³/mol. The molecule has 4 heteroatoms. The number of thiophene rings is 1. The number of rotatable bonds is 3. The molecule has 1 aromatic rings. The van der Waals surface area contributed by atoms with Crippen molar-refractivity contribution in [1.82, 2.24) is 10.6 Å². The molecule has 0 saturated carbocycles. The fraction of sp³-hybridized carbons (Fsp3) is 0.545. The Morgan fingerprint density at radius 2 is 2.53 bits per heavy atom. The molecule has 0 radical (unpaired) electrons. The number of hydrogen-bond donors (Lipinski definition) is 2. The molecule has 1 atom stereocenters. The molecule has 0 aliphatic carbocycles. The lowest BCUT2D eigenvalue weighted by Gasteiger charge is -2.23. The van der Waals surface area contributed by atoms with Crippen LogP contribution in [0.25, 0.3) is 0 Å². The van der Waals surface area contributed by atoms with Crippen LogP contribution >= 0.6 is 11.3 Å². The van der Waals surface area contributed by atoms with Crippen LogP contribution in [-0.2, 0) is 0 Å². The molecule has 1 aliphatic heterocycles. The monoisotopic (exact) mass is 224 g/mol. The second-order valence-electron chi connectivity index (χ2n) is 3.83. The summed E-state index contributed by atoms with van der Waals surface area (Å²) in [6.07, 6.45) is 3.70. The first-order valence-corrected chi connectivity index (χ1v) is 6.29. The topological polar surface area (TPSA) is 41.1 Å². The average Bonchev–Trinajstić information content (AvgIpc) is 2.81. The van der Waals surface area contributed by atoms with E-state index in [4.69, 9.17) is 0 Å². The molecular formula is C11H16N2OS. The maximum absolute atomic E-state index is 11.6. The first-order valence-electron chi connectivity index (χ1n) is 5.41. The predicted octanol–water partition coefficient (Wildman–Crippen LogP) is 1.62. The normalized spacial score (nSPS) is 21.2. The molecule has 1 amide bonds. The summed E-state index contributed by atoms with van der Waals surface area (Å²) in [5.74, 6) is 0.0531. The van der Waals surface area contributed by atoms with Crippen molar-refractivity contribution in [2.75, 3.05) is 13.1 Å². The van der Waals surface area contributed by atoms with Crippen molar-refractivity contribution in [3.8, 4) is 0 Å². The smallest absolute Gasteiger partial charge is 0.261 e. The van der Waals surface area contributed by atoms with Gasteiger partial charge in [-0.25, -0.2) is 0 Å². The lowest BCUT2D eigenvalue weighted by Crippen LogP contribution is -2.43. The lowest BCUT2D eigenvalue weighted by molar-refractivity contribution is 0.0952. The molecule has 2 N–H and O–H groups in total. The van der Waals surface area contributed by atoms with Gasteiger partial charge in [0.25, 0.3) is 5.91 Å². The van der Waals surface area contributed by atoms with E-state index in [1.54, 1.807) is 0 Å². The first kappa shape index (κ1) is 10.6. The van der Waals surface area contributed by atoms with E-state index in [2.05, 4.69) is 10.6 Å². The van der Waals surface area contributed by atoms with Crippen LogP contribution in [0.15, 0.2) is 17.5 Å². The molecule has 0 aromatic carbocycles. The van der Waals surface area contributed by atoms with Gasteiger partial charge < -0.3 is 10.6 Å². The molecule has 1 saturated heterocycles. The van der Waals surface area contributed by atoms with Gasteiger partial charge in [0.05, 0.1) is 4.88 Å². The van der Waals surface area contributed by atoms with Crippen LogP contribution in [0.2, 0.25) is 0 Å². The molecule has 3 nitrogen and oxygen atoms in total. The molecule has 15 heavy (non-hydrogen) atoms. The molecule has 0 spiro atoms. The summed E-state index contributed by atoms with van der Waals surface area (Å²) in [4.78, 5) is 12.4. The Morgan fingerprint density at radius 3 is 3.20 bits per heavy atom. The van der Waals surface area contributed by atoms with Crippen molar-refractivity contribution in [3.05, 3.63) is 22.4 Å². The van der Waals surface area contributed by atoms with Gasteiger partial charge in [-0.3, -0.25) is 4.79 Å². The second-order valence-corrected chi connectivity index (χ2v) is 4.78.